The van der Waals surface area contributed by atoms with Gasteiger partial charge in [0.25, 0.3) is 0 Å². The maximum Gasteiger partial charge on any atom is 0.236 e. The highest BCUT2D eigenvalue weighted by Crippen LogP contribution is 2.54. The Morgan fingerprint density at radius 3 is 2.33 bits per heavy atom. The fourth-order valence-corrected chi connectivity index (χ4v) is 8.41. The average molecular weight is 454 g/mol. The van der Waals surface area contributed by atoms with Crippen LogP contribution in [-0.4, -0.2) is 49.3 Å². The number of amides is 1. The Labute approximate surface area is 185 Å². The molecule has 5 aliphatic rings. The zero-order valence-electron chi connectivity index (χ0n) is 17.3. The third-order valence-electron chi connectivity index (χ3n) is 7.69. The van der Waals surface area contributed by atoms with Gasteiger partial charge in [-0.05, 0) is 73.8 Å². The molecule has 0 unspecified atom stereocenters. The first-order valence-corrected chi connectivity index (χ1v) is 13.0. The van der Waals surface area contributed by atoms with Crippen molar-refractivity contribution >= 4 is 28.5 Å². The molecule has 6 nitrogen and oxygen atoms in total. The summed E-state index contributed by atoms with van der Waals surface area (Å²) < 4.78 is 25.2. The number of nitrogens with one attached hydrogen (secondary N) is 1. The summed E-state index contributed by atoms with van der Waals surface area (Å²) in [6, 6.07) is 7.74. The SMILES string of the molecule is O=C(CN1CCCN(Cc2ccccc2Cl)S1(O)O)NC1C2CC3CC(C2)CC1C3. The van der Waals surface area contributed by atoms with Crippen LogP contribution in [0.25, 0.3) is 0 Å². The van der Waals surface area contributed by atoms with Gasteiger partial charge in [-0.3, -0.25) is 13.9 Å². The molecule has 1 aromatic rings. The van der Waals surface area contributed by atoms with Crippen molar-refractivity contribution in [3.05, 3.63) is 34.9 Å². The molecular weight excluding hydrogens is 422 g/mol. The lowest BCUT2D eigenvalue weighted by Crippen LogP contribution is -2.57. The van der Waals surface area contributed by atoms with Gasteiger partial charge in [0.05, 0.1) is 6.54 Å². The van der Waals surface area contributed by atoms with Gasteiger partial charge < -0.3 is 5.32 Å². The van der Waals surface area contributed by atoms with E-state index >= 15 is 0 Å². The van der Waals surface area contributed by atoms with E-state index in [1.54, 1.807) is 8.61 Å². The number of nitrogens with zero attached hydrogens (tertiary/aromatic N) is 2. The maximum atomic E-state index is 12.9. The van der Waals surface area contributed by atoms with Crippen LogP contribution >= 0.6 is 22.6 Å². The van der Waals surface area contributed by atoms with E-state index in [2.05, 4.69) is 5.32 Å². The predicted molar refractivity (Wildman–Crippen MR) is 120 cm³/mol. The van der Waals surface area contributed by atoms with Crippen molar-refractivity contribution < 1.29 is 13.9 Å². The van der Waals surface area contributed by atoms with Gasteiger partial charge in [-0.1, -0.05) is 40.8 Å². The van der Waals surface area contributed by atoms with Crippen LogP contribution in [0.5, 0.6) is 0 Å². The summed E-state index contributed by atoms with van der Waals surface area (Å²) >= 11 is 6.27. The summed E-state index contributed by atoms with van der Waals surface area (Å²) in [5, 5.41) is 3.91. The highest BCUT2D eigenvalue weighted by molar-refractivity contribution is 8.20. The minimum absolute atomic E-state index is 0.0319. The van der Waals surface area contributed by atoms with Crippen LogP contribution in [0.1, 0.15) is 44.1 Å². The number of halogens is 1. The molecule has 0 radical (unpaired) electrons. The van der Waals surface area contributed by atoms with Gasteiger partial charge in [0.2, 0.25) is 5.91 Å². The Morgan fingerprint density at radius 2 is 1.67 bits per heavy atom. The van der Waals surface area contributed by atoms with Crippen LogP contribution in [0.3, 0.4) is 0 Å². The van der Waals surface area contributed by atoms with Gasteiger partial charge in [-0.2, -0.15) is 8.61 Å². The number of carbonyl (C=O) groups is 1. The van der Waals surface area contributed by atoms with Crippen molar-refractivity contribution in [1.82, 2.24) is 13.9 Å². The predicted octanol–water partition coefficient (Wildman–Crippen LogP) is 4.37. The minimum Gasteiger partial charge on any atom is -0.352 e. The van der Waals surface area contributed by atoms with E-state index in [0.717, 1.165) is 23.8 Å². The molecule has 8 heteroatoms. The molecule has 6 rings (SSSR count). The molecule has 166 valence electrons. The lowest BCUT2D eigenvalue weighted by Gasteiger charge is -2.55. The molecular formula is C22H32ClN3O3S. The zero-order chi connectivity index (χ0) is 20.9. The minimum atomic E-state index is -3.19. The zero-order valence-corrected chi connectivity index (χ0v) is 18.8. The first-order chi connectivity index (χ1) is 14.4. The van der Waals surface area contributed by atoms with Crippen molar-refractivity contribution in [2.75, 3.05) is 19.6 Å². The summed E-state index contributed by atoms with van der Waals surface area (Å²) in [4.78, 5) is 12.9. The molecule has 1 aliphatic heterocycles. The first-order valence-electron chi connectivity index (χ1n) is 11.2. The second-order valence-electron chi connectivity index (χ2n) is 9.69. The number of rotatable bonds is 5. The van der Waals surface area contributed by atoms with Crippen molar-refractivity contribution in [2.45, 2.75) is 51.1 Å². The number of benzene rings is 1. The van der Waals surface area contributed by atoms with Gasteiger partial charge >= 0.3 is 0 Å². The van der Waals surface area contributed by atoms with Gasteiger partial charge in [-0.25, -0.2) is 0 Å². The molecule has 5 fully saturated rings. The Kier molecular flexibility index (Phi) is 5.79. The highest BCUT2D eigenvalue weighted by Gasteiger charge is 2.48. The molecule has 1 amide bonds. The Balaban J connectivity index is 1.22. The molecule has 3 N–H and O–H groups in total. The molecule has 0 atom stereocenters. The molecule has 4 bridgehead atoms. The van der Waals surface area contributed by atoms with E-state index in [9.17, 15) is 13.9 Å². The lowest BCUT2D eigenvalue weighted by molar-refractivity contribution is -0.125. The lowest BCUT2D eigenvalue weighted by atomic mass is 9.54. The third kappa shape index (κ3) is 4.00. The largest absolute Gasteiger partial charge is 0.352 e. The maximum absolute atomic E-state index is 12.9. The van der Waals surface area contributed by atoms with E-state index in [1.807, 2.05) is 24.3 Å². The Bertz CT molecular complexity index is 780. The van der Waals surface area contributed by atoms with E-state index in [-0.39, 0.29) is 18.5 Å². The van der Waals surface area contributed by atoms with Gasteiger partial charge in [0.15, 0.2) is 0 Å². The van der Waals surface area contributed by atoms with Crippen molar-refractivity contribution in [3.63, 3.8) is 0 Å². The summed E-state index contributed by atoms with van der Waals surface area (Å²) in [6.07, 6.45) is 7.19. The van der Waals surface area contributed by atoms with Crippen molar-refractivity contribution in [2.24, 2.45) is 23.7 Å². The standard InChI is InChI=1S/C22H32ClN3O3S/c23-20-5-2-1-4-17(20)13-25-6-3-7-26(30(25,28)29)14-21(27)24-22-18-9-15-8-16(11-18)12-19(22)10-15/h1-2,4-5,15-16,18-19,22,28-29H,3,6-14H2,(H,24,27). The molecule has 1 aromatic carbocycles. The number of carbonyl (C=O) groups excluding carboxylic acids is 1. The van der Waals surface area contributed by atoms with Crippen LogP contribution in [-0.2, 0) is 11.3 Å². The van der Waals surface area contributed by atoms with Crippen LogP contribution in [0.2, 0.25) is 5.02 Å². The van der Waals surface area contributed by atoms with Crippen LogP contribution < -0.4 is 5.32 Å². The third-order valence-corrected chi connectivity index (χ3v) is 10.1. The van der Waals surface area contributed by atoms with Crippen molar-refractivity contribution in [3.8, 4) is 0 Å². The topological polar surface area (TPSA) is 76.0 Å². The van der Waals surface area contributed by atoms with Crippen molar-refractivity contribution in [1.29, 1.82) is 0 Å². The Morgan fingerprint density at radius 1 is 1.03 bits per heavy atom. The van der Waals surface area contributed by atoms with E-state index in [1.165, 1.54) is 32.1 Å². The van der Waals surface area contributed by atoms with Gasteiger partial charge in [0, 0.05) is 30.7 Å². The molecule has 4 aliphatic carbocycles. The number of hydrogen-bond donors (Lipinski definition) is 3. The monoisotopic (exact) mass is 453 g/mol. The van der Waals surface area contributed by atoms with E-state index in [4.69, 9.17) is 11.6 Å². The summed E-state index contributed by atoms with van der Waals surface area (Å²) in [7, 11) is -3.19. The van der Waals surface area contributed by atoms with Crippen LogP contribution in [0, 0.1) is 23.7 Å². The van der Waals surface area contributed by atoms with Gasteiger partial charge in [-0.15, -0.1) is 0 Å². The van der Waals surface area contributed by atoms with Gasteiger partial charge in [0.1, 0.15) is 0 Å². The smallest absolute Gasteiger partial charge is 0.236 e. The van der Waals surface area contributed by atoms with E-state index < -0.39 is 11.0 Å². The molecule has 0 spiro atoms. The molecule has 0 aromatic heterocycles. The number of hydrogen-bond acceptors (Lipinski definition) is 5. The van der Waals surface area contributed by atoms with Crippen LogP contribution in [0.15, 0.2) is 24.3 Å². The molecule has 1 heterocycles. The van der Waals surface area contributed by atoms with Crippen LogP contribution in [0.4, 0.5) is 0 Å². The summed E-state index contributed by atoms with van der Waals surface area (Å²) in [5.41, 5.74) is 0.860. The summed E-state index contributed by atoms with van der Waals surface area (Å²) in [6.45, 7) is 1.47. The van der Waals surface area contributed by atoms with E-state index in [0.29, 0.717) is 36.5 Å². The Hall–Kier alpha value is -0.830. The quantitative estimate of drug-likeness (QED) is 0.617. The normalized spacial score (nSPS) is 36.6. The fraction of sp³-hybridized carbons (Fsp3) is 0.682. The highest BCUT2D eigenvalue weighted by atomic mass is 35.5. The second kappa shape index (κ2) is 8.26. The summed E-state index contributed by atoms with van der Waals surface area (Å²) in [5.74, 6) is 2.89. The molecule has 1 saturated heterocycles. The fourth-order valence-electron chi connectivity index (χ4n) is 6.53. The first kappa shape index (κ1) is 21.0. The second-order valence-corrected chi connectivity index (χ2v) is 12.1. The molecule has 30 heavy (non-hydrogen) atoms. The molecule has 4 saturated carbocycles. The average Bonchev–Trinajstić information content (AvgIpc) is 2.69.